The van der Waals surface area contributed by atoms with Gasteiger partial charge in [0.1, 0.15) is 0 Å². The Hall–Kier alpha value is -1.39. The third-order valence-corrected chi connectivity index (χ3v) is 2.28. The minimum absolute atomic E-state index is 0.00440. The maximum atomic E-state index is 11.3. The van der Waals surface area contributed by atoms with E-state index in [1.807, 2.05) is 24.3 Å². The Balaban J connectivity index is 2.33. The van der Waals surface area contributed by atoms with Gasteiger partial charge in [0.05, 0.1) is 6.61 Å². The van der Waals surface area contributed by atoms with Gasteiger partial charge in [-0.05, 0) is 11.1 Å². The SMILES string of the molecule is COCCC(=O)NCc1ccc(CN)cc1. The molecule has 0 aliphatic rings. The van der Waals surface area contributed by atoms with E-state index in [4.69, 9.17) is 10.5 Å². The van der Waals surface area contributed by atoms with Crippen LogP contribution in [-0.2, 0) is 22.6 Å². The first kappa shape index (κ1) is 12.7. The van der Waals surface area contributed by atoms with E-state index in [1.54, 1.807) is 7.11 Å². The Morgan fingerprint density at radius 3 is 2.50 bits per heavy atom. The summed E-state index contributed by atoms with van der Waals surface area (Å²) < 4.78 is 4.82. The molecule has 0 aromatic heterocycles. The van der Waals surface area contributed by atoms with Crippen molar-refractivity contribution in [1.82, 2.24) is 5.32 Å². The fourth-order valence-corrected chi connectivity index (χ4v) is 1.28. The van der Waals surface area contributed by atoms with Crippen LogP contribution in [0.2, 0.25) is 0 Å². The van der Waals surface area contributed by atoms with E-state index >= 15 is 0 Å². The van der Waals surface area contributed by atoms with E-state index in [-0.39, 0.29) is 5.91 Å². The third-order valence-electron chi connectivity index (χ3n) is 2.28. The summed E-state index contributed by atoms with van der Waals surface area (Å²) in [4.78, 5) is 11.3. The molecule has 0 fully saturated rings. The minimum atomic E-state index is 0.00440. The highest BCUT2D eigenvalue weighted by Gasteiger charge is 2.00. The van der Waals surface area contributed by atoms with E-state index in [0.717, 1.165) is 11.1 Å². The highest BCUT2D eigenvalue weighted by Crippen LogP contribution is 2.03. The van der Waals surface area contributed by atoms with Crippen LogP contribution in [0.15, 0.2) is 24.3 Å². The molecule has 0 saturated carbocycles. The average molecular weight is 222 g/mol. The molecule has 4 heteroatoms. The molecule has 0 unspecified atom stereocenters. The first-order chi connectivity index (χ1) is 7.76. The molecule has 0 bridgehead atoms. The van der Waals surface area contributed by atoms with Gasteiger partial charge < -0.3 is 15.8 Å². The van der Waals surface area contributed by atoms with E-state index in [9.17, 15) is 4.79 Å². The van der Waals surface area contributed by atoms with Crippen molar-refractivity contribution in [2.45, 2.75) is 19.5 Å². The molecule has 0 radical (unpaired) electrons. The van der Waals surface area contributed by atoms with Crippen LogP contribution in [0, 0.1) is 0 Å². The first-order valence-corrected chi connectivity index (χ1v) is 5.29. The summed E-state index contributed by atoms with van der Waals surface area (Å²) >= 11 is 0. The summed E-state index contributed by atoms with van der Waals surface area (Å²) in [6.45, 7) is 1.55. The highest BCUT2D eigenvalue weighted by molar-refractivity contribution is 5.75. The van der Waals surface area contributed by atoms with Crippen molar-refractivity contribution >= 4 is 5.91 Å². The molecule has 0 aliphatic carbocycles. The van der Waals surface area contributed by atoms with Crippen molar-refractivity contribution in [3.8, 4) is 0 Å². The van der Waals surface area contributed by atoms with Crippen LogP contribution < -0.4 is 11.1 Å². The molecular formula is C12H18N2O2. The number of amides is 1. The zero-order valence-electron chi connectivity index (χ0n) is 9.53. The number of hydrogen-bond donors (Lipinski definition) is 2. The maximum absolute atomic E-state index is 11.3. The van der Waals surface area contributed by atoms with Crippen molar-refractivity contribution in [3.05, 3.63) is 35.4 Å². The number of nitrogens with two attached hydrogens (primary N) is 1. The number of ether oxygens (including phenoxy) is 1. The van der Waals surface area contributed by atoms with Crippen molar-refractivity contribution < 1.29 is 9.53 Å². The quantitative estimate of drug-likeness (QED) is 0.748. The first-order valence-electron chi connectivity index (χ1n) is 5.29. The summed E-state index contributed by atoms with van der Waals surface area (Å²) in [5.41, 5.74) is 7.66. The van der Waals surface area contributed by atoms with Gasteiger partial charge in [0, 0.05) is 26.6 Å². The zero-order valence-corrected chi connectivity index (χ0v) is 9.53. The molecule has 3 N–H and O–H groups in total. The lowest BCUT2D eigenvalue weighted by Crippen LogP contribution is -2.23. The molecule has 0 saturated heterocycles. The van der Waals surface area contributed by atoms with Gasteiger partial charge in [-0.2, -0.15) is 0 Å². The molecule has 0 atom stereocenters. The lowest BCUT2D eigenvalue weighted by atomic mass is 10.1. The second-order valence-corrected chi connectivity index (χ2v) is 3.54. The standard InChI is InChI=1S/C12H18N2O2/c1-16-7-6-12(15)14-9-11-4-2-10(8-13)3-5-11/h2-5H,6-9,13H2,1H3,(H,14,15). The third kappa shape index (κ3) is 4.42. The van der Waals surface area contributed by atoms with Crippen molar-refractivity contribution in [1.29, 1.82) is 0 Å². The molecule has 1 rings (SSSR count). The van der Waals surface area contributed by atoms with Gasteiger partial charge in [-0.3, -0.25) is 4.79 Å². The van der Waals surface area contributed by atoms with Gasteiger partial charge in [0.15, 0.2) is 0 Å². The van der Waals surface area contributed by atoms with Gasteiger partial charge in [0.2, 0.25) is 5.91 Å². The number of rotatable bonds is 6. The highest BCUT2D eigenvalue weighted by atomic mass is 16.5. The number of carbonyl (C=O) groups excluding carboxylic acids is 1. The second-order valence-electron chi connectivity index (χ2n) is 3.54. The molecule has 16 heavy (non-hydrogen) atoms. The molecule has 88 valence electrons. The number of nitrogens with one attached hydrogen (secondary N) is 1. The van der Waals surface area contributed by atoms with Crippen LogP contribution in [0.3, 0.4) is 0 Å². The fourth-order valence-electron chi connectivity index (χ4n) is 1.28. The van der Waals surface area contributed by atoms with E-state index < -0.39 is 0 Å². The number of hydrogen-bond acceptors (Lipinski definition) is 3. The van der Waals surface area contributed by atoms with Crippen molar-refractivity contribution in [2.24, 2.45) is 5.73 Å². The predicted molar refractivity (Wildman–Crippen MR) is 62.7 cm³/mol. The number of benzene rings is 1. The Morgan fingerprint density at radius 1 is 1.31 bits per heavy atom. The molecular weight excluding hydrogens is 204 g/mol. The largest absolute Gasteiger partial charge is 0.384 e. The molecule has 0 spiro atoms. The van der Waals surface area contributed by atoms with Crippen LogP contribution in [0.1, 0.15) is 17.5 Å². The number of carbonyl (C=O) groups is 1. The molecule has 1 aromatic carbocycles. The van der Waals surface area contributed by atoms with Crippen LogP contribution in [0.4, 0.5) is 0 Å². The van der Waals surface area contributed by atoms with E-state index in [2.05, 4.69) is 5.32 Å². The van der Waals surface area contributed by atoms with Crippen LogP contribution >= 0.6 is 0 Å². The predicted octanol–water partition coefficient (Wildman–Crippen LogP) is 0.798. The van der Waals surface area contributed by atoms with Crippen LogP contribution in [-0.4, -0.2) is 19.6 Å². The molecule has 0 heterocycles. The topological polar surface area (TPSA) is 64.3 Å². The van der Waals surface area contributed by atoms with Gasteiger partial charge in [-0.25, -0.2) is 0 Å². The van der Waals surface area contributed by atoms with Crippen molar-refractivity contribution in [3.63, 3.8) is 0 Å². The Morgan fingerprint density at radius 2 is 1.94 bits per heavy atom. The van der Waals surface area contributed by atoms with E-state index in [0.29, 0.717) is 26.1 Å². The molecule has 4 nitrogen and oxygen atoms in total. The number of methoxy groups -OCH3 is 1. The van der Waals surface area contributed by atoms with Crippen LogP contribution in [0.5, 0.6) is 0 Å². The lowest BCUT2D eigenvalue weighted by molar-refractivity contribution is -0.122. The summed E-state index contributed by atoms with van der Waals surface area (Å²) in [5.74, 6) is 0.00440. The summed E-state index contributed by atoms with van der Waals surface area (Å²) in [7, 11) is 1.58. The Bertz CT molecular complexity index is 322. The molecule has 0 aliphatic heterocycles. The maximum Gasteiger partial charge on any atom is 0.222 e. The summed E-state index contributed by atoms with van der Waals surface area (Å²) in [5, 5.41) is 2.82. The Kier molecular flexibility index (Phi) is 5.53. The van der Waals surface area contributed by atoms with Gasteiger partial charge >= 0.3 is 0 Å². The minimum Gasteiger partial charge on any atom is -0.384 e. The summed E-state index contributed by atoms with van der Waals surface area (Å²) in [6.07, 6.45) is 0.400. The van der Waals surface area contributed by atoms with Crippen LogP contribution in [0.25, 0.3) is 0 Å². The van der Waals surface area contributed by atoms with Gasteiger partial charge in [-0.15, -0.1) is 0 Å². The van der Waals surface area contributed by atoms with E-state index in [1.165, 1.54) is 0 Å². The fraction of sp³-hybridized carbons (Fsp3) is 0.417. The molecule has 1 amide bonds. The zero-order chi connectivity index (χ0) is 11.8. The normalized spacial score (nSPS) is 10.1. The monoisotopic (exact) mass is 222 g/mol. The molecule has 1 aromatic rings. The average Bonchev–Trinajstić information content (AvgIpc) is 2.34. The Labute approximate surface area is 95.8 Å². The van der Waals surface area contributed by atoms with Gasteiger partial charge in [-0.1, -0.05) is 24.3 Å². The van der Waals surface area contributed by atoms with Gasteiger partial charge in [0.25, 0.3) is 0 Å². The lowest BCUT2D eigenvalue weighted by Gasteiger charge is -2.05. The summed E-state index contributed by atoms with van der Waals surface area (Å²) in [6, 6.07) is 7.88. The smallest absolute Gasteiger partial charge is 0.222 e. The van der Waals surface area contributed by atoms with Crippen molar-refractivity contribution in [2.75, 3.05) is 13.7 Å². The second kappa shape index (κ2) is 6.98.